The molecule has 3 aromatic rings. The second kappa shape index (κ2) is 8.59. The van der Waals surface area contributed by atoms with E-state index in [2.05, 4.69) is 4.98 Å². The molecule has 4 rings (SSSR count). The van der Waals surface area contributed by atoms with Gasteiger partial charge in [-0.15, -0.1) is 11.3 Å². The van der Waals surface area contributed by atoms with Crippen LogP contribution in [-0.4, -0.2) is 35.8 Å². The van der Waals surface area contributed by atoms with Crippen molar-refractivity contribution in [1.82, 2.24) is 4.98 Å². The summed E-state index contributed by atoms with van der Waals surface area (Å²) in [4.78, 5) is 44.3. The molecule has 0 saturated carbocycles. The Balaban J connectivity index is 1.41. The summed E-state index contributed by atoms with van der Waals surface area (Å²) < 4.78 is 5.19. The van der Waals surface area contributed by atoms with Crippen molar-refractivity contribution in [2.24, 2.45) is 5.92 Å². The van der Waals surface area contributed by atoms with Crippen LogP contribution >= 0.6 is 11.3 Å². The number of carbonyl (C=O) groups is 3. The van der Waals surface area contributed by atoms with Crippen LogP contribution in [0, 0.1) is 12.8 Å². The number of aromatic nitrogens is 1. The quantitative estimate of drug-likeness (QED) is 0.447. The largest absolute Gasteiger partial charge is 0.457 e. The first-order valence-corrected chi connectivity index (χ1v) is 10.4. The molecule has 1 atom stereocenters. The van der Waals surface area contributed by atoms with Gasteiger partial charge in [0.25, 0.3) is 0 Å². The number of rotatable bonds is 6. The van der Waals surface area contributed by atoms with Crippen molar-refractivity contribution >= 4 is 34.1 Å². The maximum absolute atomic E-state index is 12.5. The molecule has 0 spiro atoms. The number of hydrogen-bond donors (Lipinski definition) is 0. The molecule has 152 valence electrons. The highest BCUT2D eigenvalue weighted by molar-refractivity contribution is 7.16. The number of aryl methyl sites for hydroxylation is 1. The van der Waals surface area contributed by atoms with E-state index >= 15 is 0 Å². The molecule has 0 aliphatic carbocycles. The van der Waals surface area contributed by atoms with E-state index in [4.69, 9.17) is 4.74 Å². The Bertz CT molecular complexity index is 1080. The number of carbonyl (C=O) groups excluding carboxylic acids is 3. The molecule has 6 nitrogen and oxygen atoms in total. The van der Waals surface area contributed by atoms with Gasteiger partial charge in [0.05, 0.1) is 11.6 Å². The summed E-state index contributed by atoms with van der Waals surface area (Å²) in [5.41, 5.74) is 2.31. The monoisotopic (exact) mass is 420 g/mol. The molecule has 1 fully saturated rings. The van der Waals surface area contributed by atoms with Gasteiger partial charge in [-0.05, 0) is 6.92 Å². The number of thiazole rings is 1. The number of hydrogen-bond acceptors (Lipinski definition) is 6. The van der Waals surface area contributed by atoms with Gasteiger partial charge in [-0.25, -0.2) is 4.98 Å². The van der Waals surface area contributed by atoms with Crippen LogP contribution < -0.4 is 4.90 Å². The fraction of sp³-hybridized carbons (Fsp3) is 0.217. The van der Waals surface area contributed by atoms with Crippen molar-refractivity contribution in [3.05, 3.63) is 71.1 Å². The predicted octanol–water partition coefficient (Wildman–Crippen LogP) is 3.90. The Kier molecular flexibility index (Phi) is 5.72. The van der Waals surface area contributed by atoms with E-state index in [0.29, 0.717) is 10.7 Å². The zero-order chi connectivity index (χ0) is 21.1. The molecule has 30 heavy (non-hydrogen) atoms. The predicted molar refractivity (Wildman–Crippen MR) is 114 cm³/mol. The van der Waals surface area contributed by atoms with E-state index in [1.807, 2.05) is 43.3 Å². The van der Waals surface area contributed by atoms with E-state index < -0.39 is 11.9 Å². The summed E-state index contributed by atoms with van der Waals surface area (Å²) in [6.07, 6.45) is 0.0532. The van der Waals surface area contributed by atoms with Crippen LogP contribution in [0.4, 0.5) is 5.13 Å². The van der Waals surface area contributed by atoms with Gasteiger partial charge in [0, 0.05) is 29.0 Å². The lowest BCUT2D eigenvalue weighted by Crippen LogP contribution is -2.27. The highest BCUT2D eigenvalue weighted by Crippen LogP contribution is 2.35. The average molecular weight is 420 g/mol. The van der Waals surface area contributed by atoms with E-state index in [1.165, 1.54) is 16.2 Å². The average Bonchev–Trinajstić information content (AvgIpc) is 3.35. The SMILES string of the molecule is Cc1sc(N2C[C@@H](C(=O)OCC(=O)c3ccccc3)CC2=O)nc1-c1ccccc1. The third-order valence-corrected chi connectivity index (χ3v) is 5.96. The first-order chi connectivity index (χ1) is 14.5. The van der Waals surface area contributed by atoms with Crippen LogP contribution in [0.25, 0.3) is 11.3 Å². The van der Waals surface area contributed by atoms with Gasteiger partial charge in [0.1, 0.15) is 0 Å². The summed E-state index contributed by atoms with van der Waals surface area (Å²) in [5, 5.41) is 0.576. The third kappa shape index (κ3) is 4.16. The molecule has 1 amide bonds. The van der Waals surface area contributed by atoms with Gasteiger partial charge in [0.2, 0.25) is 5.91 Å². The van der Waals surface area contributed by atoms with Crippen LogP contribution in [0.1, 0.15) is 21.7 Å². The van der Waals surface area contributed by atoms with Crippen LogP contribution in [0.2, 0.25) is 0 Å². The molecule has 0 radical (unpaired) electrons. The van der Waals surface area contributed by atoms with Crippen molar-refractivity contribution in [3.8, 4) is 11.3 Å². The molecule has 1 saturated heterocycles. The fourth-order valence-corrected chi connectivity index (χ4v) is 4.33. The zero-order valence-electron chi connectivity index (χ0n) is 16.4. The van der Waals surface area contributed by atoms with E-state index in [0.717, 1.165) is 16.1 Å². The normalized spacial score (nSPS) is 16.0. The minimum atomic E-state index is -0.606. The first-order valence-electron chi connectivity index (χ1n) is 9.61. The van der Waals surface area contributed by atoms with Crippen molar-refractivity contribution in [1.29, 1.82) is 0 Å². The number of nitrogens with zero attached hydrogens (tertiary/aromatic N) is 2. The Morgan fingerprint density at radius 2 is 1.77 bits per heavy atom. The number of amides is 1. The lowest BCUT2D eigenvalue weighted by molar-refractivity contribution is -0.147. The lowest BCUT2D eigenvalue weighted by atomic mass is 10.1. The standard InChI is InChI=1S/C23H20N2O4S/c1-15-21(17-10-6-3-7-11-17)24-23(30-15)25-13-18(12-20(25)27)22(28)29-14-19(26)16-8-4-2-5-9-16/h2-11,18H,12-14H2,1H3/t18-/m0/s1. The molecule has 2 aromatic carbocycles. The van der Waals surface area contributed by atoms with Gasteiger partial charge < -0.3 is 4.74 Å². The van der Waals surface area contributed by atoms with Crippen LogP contribution in [0.3, 0.4) is 0 Å². The van der Waals surface area contributed by atoms with Crippen LogP contribution in [0.5, 0.6) is 0 Å². The number of esters is 1. The molecule has 2 heterocycles. The Hall–Kier alpha value is -3.32. The maximum atomic E-state index is 12.5. The number of ether oxygens (including phenoxy) is 1. The smallest absolute Gasteiger partial charge is 0.311 e. The van der Waals surface area contributed by atoms with E-state index in [9.17, 15) is 14.4 Å². The number of Topliss-reactive ketones (excluding diaryl/α,β-unsaturated/α-hetero) is 1. The summed E-state index contributed by atoms with van der Waals surface area (Å²) in [7, 11) is 0. The first kappa shape index (κ1) is 20.0. The lowest BCUT2D eigenvalue weighted by Gasteiger charge is -2.12. The second-order valence-corrected chi connectivity index (χ2v) is 8.25. The van der Waals surface area contributed by atoms with Crippen molar-refractivity contribution in [2.75, 3.05) is 18.1 Å². The molecule has 0 bridgehead atoms. The van der Waals surface area contributed by atoms with Crippen molar-refractivity contribution < 1.29 is 19.1 Å². The minimum Gasteiger partial charge on any atom is -0.457 e. The fourth-order valence-electron chi connectivity index (χ4n) is 3.37. The second-order valence-electron chi connectivity index (χ2n) is 7.07. The third-order valence-electron chi connectivity index (χ3n) is 4.96. The Labute approximate surface area is 178 Å². The van der Waals surface area contributed by atoms with E-state index in [-0.39, 0.29) is 31.3 Å². The highest BCUT2D eigenvalue weighted by Gasteiger charge is 2.38. The maximum Gasteiger partial charge on any atom is 0.311 e. The molecular formula is C23H20N2O4S. The number of ketones is 1. The summed E-state index contributed by atoms with van der Waals surface area (Å²) >= 11 is 1.43. The number of benzene rings is 2. The van der Waals surface area contributed by atoms with Gasteiger partial charge in [-0.2, -0.15) is 0 Å². The van der Waals surface area contributed by atoms with Crippen molar-refractivity contribution in [3.63, 3.8) is 0 Å². The molecule has 7 heteroatoms. The number of anilines is 1. The summed E-state index contributed by atoms with van der Waals surface area (Å²) in [6, 6.07) is 18.4. The molecule has 1 aromatic heterocycles. The molecular weight excluding hydrogens is 400 g/mol. The topological polar surface area (TPSA) is 76.6 Å². The molecule has 0 N–H and O–H groups in total. The van der Waals surface area contributed by atoms with Gasteiger partial charge >= 0.3 is 5.97 Å². The Morgan fingerprint density at radius 1 is 1.10 bits per heavy atom. The zero-order valence-corrected chi connectivity index (χ0v) is 17.2. The van der Waals surface area contributed by atoms with Gasteiger partial charge in [0.15, 0.2) is 17.5 Å². The van der Waals surface area contributed by atoms with Crippen LogP contribution in [-0.2, 0) is 14.3 Å². The summed E-state index contributed by atoms with van der Waals surface area (Å²) in [6.45, 7) is 1.84. The van der Waals surface area contributed by atoms with Gasteiger partial charge in [-0.3, -0.25) is 19.3 Å². The molecule has 1 aliphatic heterocycles. The van der Waals surface area contributed by atoms with Crippen molar-refractivity contribution in [2.45, 2.75) is 13.3 Å². The van der Waals surface area contributed by atoms with Gasteiger partial charge in [-0.1, -0.05) is 60.7 Å². The van der Waals surface area contributed by atoms with Crippen LogP contribution in [0.15, 0.2) is 60.7 Å². The summed E-state index contributed by atoms with van der Waals surface area (Å²) in [5.74, 6) is -1.58. The highest BCUT2D eigenvalue weighted by atomic mass is 32.1. The molecule has 1 aliphatic rings. The Morgan fingerprint density at radius 3 is 2.47 bits per heavy atom. The minimum absolute atomic E-state index is 0.0532. The van der Waals surface area contributed by atoms with E-state index in [1.54, 1.807) is 24.3 Å². The molecule has 0 unspecified atom stereocenters.